The maximum Gasteiger partial charge on any atom is 0.237 e. The van der Waals surface area contributed by atoms with Gasteiger partial charge in [0.2, 0.25) is 5.91 Å². The van der Waals surface area contributed by atoms with Gasteiger partial charge in [-0.25, -0.2) is 0 Å². The van der Waals surface area contributed by atoms with Crippen LogP contribution < -0.4 is 10.6 Å². The molecule has 0 saturated heterocycles. The highest BCUT2D eigenvalue weighted by molar-refractivity contribution is 7.12. The molecule has 3 nitrogen and oxygen atoms in total. The summed E-state index contributed by atoms with van der Waals surface area (Å²) in [7, 11) is 0. The first kappa shape index (κ1) is 13.9. The van der Waals surface area contributed by atoms with Crippen molar-refractivity contribution in [1.82, 2.24) is 10.6 Å². The van der Waals surface area contributed by atoms with Gasteiger partial charge >= 0.3 is 0 Å². The minimum absolute atomic E-state index is 0.00917. The van der Waals surface area contributed by atoms with Crippen molar-refractivity contribution >= 4 is 17.2 Å². The first-order valence-corrected chi connectivity index (χ1v) is 6.54. The van der Waals surface area contributed by atoms with Crippen LogP contribution in [0, 0.1) is 13.8 Å². The third kappa shape index (κ3) is 4.32. The van der Waals surface area contributed by atoms with Crippen molar-refractivity contribution < 1.29 is 4.79 Å². The molecule has 0 aliphatic heterocycles. The van der Waals surface area contributed by atoms with Crippen LogP contribution in [0.1, 0.15) is 22.2 Å². The van der Waals surface area contributed by atoms with E-state index < -0.39 is 0 Å². The van der Waals surface area contributed by atoms with Crippen molar-refractivity contribution in [3.8, 4) is 0 Å². The van der Waals surface area contributed by atoms with Crippen molar-refractivity contribution in [2.45, 2.75) is 33.4 Å². The molecule has 2 N–H and O–H groups in total. The Morgan fingerprint density at radius 2 is 2.29 bits per heavy atom. The molecule has 0 saturated carbocycles. The van der Waals surface area contributed by atoms with Gasteiger partial charge in [0.05, 0.1) is 6.04 Å². The van der Waals surface area contributed by atoms with Gasteiger partial charge in [0.15, 0.2) is 0 Å². The van der Waals surface area contributed by atoms with Crippen LogP contribution in [0.15, 0.2) is 18.7 Å². The normalized spacial score (nSPS) is 12.2. The predicted octanol–water partition coefficient (Wildman–Crippen LogP) is 2.15. The van der Waals surface area contributed by atoms with E-state index in [1.165, 1.54) is 15.3 Å². The molecule has 0 aliphatic rings. The van der Waals surface area contributed by atoms with Gasteiger partial charge in [-0.2, -0.15) is 0 Å². The van der Waals surface area contributed by atoms with Gasteiger partial charge in [-0.05, 0) is 32.4 Å². The van der Waals surface area contributed by atoms with Gasteiger partial charge in [0.25, 0.3) is 0 Å². The van der Waals surface area contributed by atoms with Crippen molar-refractivity contribution in [3.05, 3.63) is 34.0 Å². The van der Waals surface area contributed by atoms with Crippen LogP contribution in [0.5, 0.6) is 0 Å². The lowest BCUT2D eigenvalue weighted by atomic mass is 10.2. The molecule has 1 amide bonds. The van der Waals surface area contributed by atoms with Crippen LogP contribution in [0.4, 0.5) is 0 Å². The number of carbonyl (C=O) groups excluding carboxylic acids is 1. The number of carbonyl (C=O) groups is 1. The molecule has 0 spiro atoms. The Kier molecular flexibility index (Phi) is 5.38. The Hall–Kier alpha value is -1.13. The minimum atomic E-state index is -0.183. The summed E-state index contributed by atoms with van der Waals surface area (Å²) in [5.41, 5.74) is 1.32. The topological polar surface area (TPSA) is 41.1 Å². The first-order valence-electron chi connectivity index (χ1n) is 5.72. The number of aryl methyl sites for hydroxylation is 2. The molecule has 1 unspecified atom stereocenters. The fourth-order valence-corrected chi connectivity index (χ4v) is 2.41. The van der Waals surface area contributed by atoms with Crippen molar-refractivity contribution in [2.75, 3.05) is 6.54 Å². The van der Waals surface area contributed by atoms with Gasteiger partial charge in [-0.1, -0.05) is 6.08 Å². The first-order chi connectivity index (χ1) is 8.04. The predicted molar refractivity (Wildman–Crippen MR) is 73.3 cm³/mol. The summed E-state index contributed by atoms with van der Waals surface area (Å²) < 4.78 is 0. The fourth-order valence-electron chi connectivity index (χ4n) is 1.41. The molecule has 1 heterocycles. The zero-order valence-corrected chi connectivity index (χ0v) is 11.5. The summed E-state index contributed by atoms with van der Waals surface area (Å²) >= 11 is 1.78. The van der Waals surface area contributed by atoms with Crippen LogP contribution in [-0.4, -0.2) is 18.5 Å². The average Bonchev–Trinajstić information content (AvgIpc) is 2.62. The number of nitrogens with one attached hydrogen (secondary N) is 2. The number of amides is 1. The zero-order chi connectivity index (χ0) is 12.8. The molecular formula is C13H20N2OS. The van der Waals surface area contributed by atoms with Crippen molar-refractivity contribution in [3.63, 3.8) is 0 Å². The van der Waals surface area contributed by atoms with Crippen LogP contribution in [0.2, 0.25) is 0 Å². The lowest BCUT2D eigenvalue weighted by Crippen LogP contribution is -2.41. The third-order valence-electron chi connectivity index (χ3n) is 2.61. The Bertz CT molecular complexity index is 379. The van der Waals surface area contributed by atoms with E-state index >= 15 is 0 Å². The molecule has 0 radical (unpaired) electrons. The maximum absolute atomic E-state index is 11.6. The van der Waals surface area contributed by atoms with E-state index in [0.717, 1.165) is 6.54 Å². The summed E-state index contributed by atoms with van der Waals surface area (Å²) in [4.78, 5) is 14.2. The Labute approximate surface area is 107 Å². The third-order valence-corrected chi connectivity index (χ3v) is 3.77. The Morgan fingerprint density at radius 3 is 2.82 bits per heavy atom. The largest absolute Gasteiger partial charge is 0.351 e. The molecule has 0 bridgehead atoms. The number of hydrogen-bond acceptors (Lipinski definition) is 3. The fraction of sp³-hybridized carbons (Fsp3) is 0.462. The molecular weight excluding hydrogens is 232 g/mol. The molecule has 1 aromatic rings. The second kappa shape index (κ2) is 6.57. The van der Waals surface area contributed by atoms with E-state index in [-0.39, 0.29) is 11.9 Å². The second-order valence-corrected chi connectivity index (χ2v) is 5.43. The van der Waals surface area contributed by atoms with Gasteiger partial charge in [0, 0.05) is 22.8 Å². The molecule has 1 atom stereocenters. The van der Waals surface area contributed by atoms with E-state index in [1.807, 2.05) is 6.92 Å². The molecule has 1 rings (SSSR count). The van der Waals surface area contributed by atoms with Gasteiger partial charge in [-0.15, -0.1) is 17.9 Å². The van der Waals surface area contributed by atoms with Gasteiger partial charge < -0.3 is 10.6 Å². The van der Waals surface area contributed by atoms with E-state index in [4.69, 9.17) is 0 Å². The standard InChI is InChI=1S/C13H20N2OS/c1-5-6-14-13(16)10(3)15-8-12-7-9(2)11(4)17-12/h5,7,10,15H,1,6,8H2,2-4H3,(H,14,16). The molecule has 0 aromatic carbocycles. The smallest absolute Gasteiger partial charge is 0.237 e. The van der Waals surface area contributed by atoms with E-state index in [1.54, 1.807) is 17.4 Å². The minimum Gasteiger partial charge on any atom is -0.351 e. The quantitative estimate of drug-likeness (QED) is 0.762. The number of hydrogen-bond donors (Lipinski definition) is 2. The van der Waals surface area contributed by atoms with Crippen LogP contribution in [0.25, 0.3) is 0 Å². The molecule has 0 fully saturated rings. The van der Waals surface area contributed by atoms with E-state index in [2.05, 4.69) is 37.1 Å². The Morgan fingerprint density at radius 1 is 1.59 bits per heavy atom. The summed E-state index contributed by atoms with van der Waals surface area (Å²) in [6.45, 7) is 10.9. The highest BCUT2D eigenvalue weighted by atomic mass is 32.1. The number of thiophene rings is 1. The molecule has 1 aromatic heterocycles. The summed E-state index contributed by atoms with van der Waals surface area (Å²) in [5.74, 6) is 0.00917. The molecule has 4 heteroatoms. The SMILES string of the molecule is C=CCNC(=O)C(C)NCc1cc(C)c(C)s1. The zero-order valence-electron chi connectivity index (χ0n) is 10.7. The molecule has 94 valence electrons. The van der Waals surface area contributed by atoms with Crippen LogP contribution >= 0.6 is 11.3 Å². The average molecular weight is 252 g/mol. The number of rotatable bonds is 6. The van der Waals surface area contributed by atoms with Crippen LogP contribution in [0.3, 0.4) is 0 Å². The highest BCUT2D eigenvalue weighted by Crippen LogP contribution is 2.20. The molecule has 17 heavy (non-hydrogen) atoms. The van der Waals surface area contributed by atoms with Crippen LogP contribution in [-0.2, 0) is 11.3 Å². The lowest BCUT2D eigenvalue weighted by molar-refractivity contribution is -0.122. The van der Waals surface area contributed by atoms with E-state index in [9.17, 15) is 4.79 Å². The summed E-state index contributed by atoms with van der Waals surface area (Å²) in [6, 6.07) is 1.99. The highest BCUT2D eigenvalue weighted by Gasteiger charge is 2.11. The van der Waals surface area contributed by atoms with E-state index in [0.29, 0.717) is 6.54 Å². The van der Waals surface area contributed by atoms with Gasteiger partial charge in [0.1, 0.15) is 0 Å². The maximum atomic E-state index is 11.6. The van der Waals surface area contributed by atoms with Crippen molar-refractivity contribution in [2.24, 2.45) is 0 Å². The molecule has 0 aliphatic carbocycles. The summed E-state index contributed by atoms with van der Waals surface area (Å²) in [6.07, 6.45) is 1.68. The Balaban J connectivity index is 2.39. The van der Waals surface area contributed by atoms with Gasteiger partial charge in [-0.3, -0.25) is 4.79 Å². The monoisotopic (exact) mass is 252 g/mol. The second-order valence-electron chi connectivity index (χ2n) is 4.09. The van der Waals surface area contributed by atoms with Crippen molar-refractivity contribution in [1.29, 1.82) is 0 Å². The lowest BCUT2D eigenvalue weighted by Gasteiger charge is -2.12. The summed E-state index contributed by atoms with van der Waals surface area (Å²) in [5, 5.41) is 5.98.